The zero-order valence-electron chi connectivity index (χ0n) is 44.5. The van der Waals surface area contributed by atoms with E-state index in [2.05, 4.69) is 27.7 Å². The molecular formula is C59H114O6. The first kappa shape index (κ1) is 63.4. The topological polar surface area (TPSA) is 78.9 Å². The van der Waals surface area contributed by atoms with Gasteiger partial charge in [0.1, 0.15) is 13.2 Å². The molecule has 0 heterocycles. The van der Waals surface area contributed by atoms with Gasteiger partial charge in [0.25, 0.3) is 0 Å². The molecule has 0 aromatic carbocycles. The summed E-state index contributed by atoms with van der Waals surface area (Å²) in [4.78, 5) is 38.1. The summed E-state index contributed by atoms with van der Waals surface area (Å²) < 4.78 is 16.9. The fourth-order valence-corrected chi connectivity index (χ4v) is 9.10. The number of esters is 3. The Bertz CT molecular complexity index is 980. The maximum atomic E-state index is 12.8. The summed E-state index contributed by atoms with van der Waals surface area (Å²) in [6.07, 6.45) is 58.1. The highest BCUT2D eigenvalue weighted by Crippen LogP contribution is 2.18. The Morgan fingerprint density at radius 1 is 0.292 bits per heavy atom. The molecule has 0 aliphatic rings. The molecule has 0 radical (unpaired) electrons. The van der Waals surface area contributed by atoms with Crippen LogP contribution in [0.2, 0.25) is 0 Å². The summed E-state index contributed by atoms with van der Waals surface area (Å²) in [5, 5.41) is 0. The summed E-state index contributed by atoms with van der Waals surface area (Å²) in [6, 6.07) is 0. The Morgan fingerprint density at radius 2 is 0.508 bits per heavy atom. The summed E-state index contributed by atoms with van der Waals surface area (Å²) in [5.74, 6) is 0.0140. The van der Waals surface area contributed by atoms with E-state index in [0.717, 1.165) is 63.7 Å². The molecule has 6 heteroatoms. The van der Waals surface area contributed by atoms with Crippen LogP contribution < -0.4 is 0 Å². The van der Waals surface area contributed by atoms with E-state index < -0.39 is 6.10 Å². The standard InChI is InChI=1S/C59H114O6/c1-5-7-9-11-13-15-17-18-19-20-21-24-28-32-36-40-44-48-52-59(62)65-56(53-63-57(60)50-46-42-38-34-29-16-14-12-10-8-6-2)54-64-58(61)51-47-43-39-35-31-27-25-22-23-26-30-33-37-41-45-49-55(3)4/h55-56H,5-54H2,1-4H3/t56-/m0/s1. The zero-order valence-corrected chi connectivity index (χ0v) is 44.5. The normalized spacial score (nSPS) is 12.0. The lowest BCUT2D eigenvalue weighted by Crippen LogP contribution is -2.30. The Hall–Kier alpha value is -1.59. The Kier molecular flexibility index (Phi) is 52.1. The third-order valence-corrected chi connectivity index (χ3v) is 13.5. The number of ether oxygens (including phenoxy) is 3. The van der Waals surface area contributed by atoms with Crippen molar-refractivity contribution in [3.05, 3.63) is 0 Å². The molecule has 0 spiro atoms. The van der Waals surface area contributed by atoms with Crippen molar-refractivity contribution in [3.8, 4) is 0 Å². The van der Waals surface area contributed by atoms with Crippen molar-refractivity contribution in [1.82, 2.24) is 0 Å². The quantitative estimate of drug-likeness (QED) is 0.0344. The molecule has 0 rings (SSSR count). The zero-order chi connectivity index (χ0) is 47.4. The SMILES string of the molecule is CCCCCCCCCCCCCCCCCCCCC(=O)O[C@@H](COC(=O)CCCCCCCCCCCCC)COC(=O)CCCCCCCCCCCCCCCCCC(C)C. The number of hydrogen-bond acceptors (Lipinski definition) is 6. The number of unbranched alkanes of at least 4 members (excludes halogenated alkanes) is 41. The largest absolute Gasteiger partial charge is 0.462 e. The maximum absolute atomic E-state index is 12.8. The van der Waals surface area contributed by atoms with E-state index in [0.29, 0.717) is 19.3 Å². The molecule has 0 bridgehead atoms. The second-order valence-electron chi connectivity index (χ2n) is 20.8. The minimum absolute atomic E-state index is 0.0618. The average Bonchev–Trinajstić information content (AvgIpc) is 3.29. The molecule has 0 aromatic rings. The van der Waals surface area contributed by atoms with E-state index in [1.165, 1.54) is 231 Å². The van der Waals surface area contributed by atoms with Crippen LogP contribution in [0.25, 0.3) is 0 Å². The van der Waals surface area contributed by atoms with Gasteiger partial charge in [0, 0.05) is 19.3 Å². The van der Waals surface area contributed by atoms with Crippen LogP contribution in [0.4, 0.5) is 0 Å². The predicted octanol–water partition coefficient (Wildman–Crippen LogP) is 19.4. The van der Waals surface area contributed by atoms with Gasteiger partial charge in [0.05, 0.1) is 0 Å². The first-order valence-electron chi connectivity index (χ1n) is 29.4. The van der Waals surface area contributed by atoms with Crippen LogP contribution in [0.5, 0.6) is 0 Å². The molecule has 0 fully saturated rings. The van der Waals surface area contributed by atoms with E-state index in [1.54, 1.807) is 0 Å². The lowest BCUT2D eigenvalue weighted by atomic mass is 10.0. The van der Waals surface area contributed by atoms with Gasteiger partial charge in [-0.05, 0) is 25.2 Å². The molecule has 0 saturated carbocycles. The van der Waals surface area contributed by atoms with Gasteiger partial charge in [-0.15, -0.1) is 0 Å². The second-order valence-corrected chi connectivity index (χ2v) is 20.8. The summed E-state index contributed by atoms with van der Waals surface area (Å²) in [6.45, 7) is 9.07. The van der Waals surface area contributed by atoms with Gasteiger partial charge < -0.3 is 14.2 Å². The summed E-state index contributed by atoms with van der Waals surface area (Å²) >= 11 is 0. The molecule has 1 atom stereocenters. The van der Waals surface area contributed by atoms with Gasteiger partial charge in [-0.25, -0.2) is 0 Å². The van der Waals surface area contributed by atoms with Crippen molar-refractivity contribution in [3.63, 3.8) is 0 Å². The van der Waals surface area contributed by atoms with Crippen molar-refractivity contribution < 1.29 is 28.6 Å². The predicted molar refractivity (Wildman–Crippen MR) is 280 cm³/mol. The first-order valence-corrected chi connectivity index (χ1v) is 29.4. The second kappa shape index (κ2) is 53.4. The Balaban J connectivity index is 4.25. The van der Waals surface area contributed by atoms with Gasteiger partial charge >= 0.3 is 17.9 Å². The molecule has 386 valence electrons. The number of hydrogen-bond donors (Lipinski definition) is 0. The number of carbonyl (C=O) groups excluding carboxylic acids is 3. The van der Waals surface area contributed by atoms with Crippen molar-refractivity contribution in [2.75, 3.05) is 13.2 Å². The molecule has 0 amide bonds. The highest BCUT2D eigenvalue weighted by atomic mass is 16.6. The van der Waals surface area contributed by atoms with E-state index in [1.807, 2.05) is 0 Å². The monoisotopic (exact) mass is 919 g/mol. The fourth-order valence-electron chi connectivity index (χ4n) is 9.10. The van der Waals surface area contributed by atoms with Crippen molar-refractivity contribution in [2.24, 2.45) is 5.92 Å². The lowest BCUT2D eigenvalue weighted by molar-refractivity contribution is -0.167. The van der Waals surface area contributed by atoms with E-state index >= 15 is 0 Å². The van der Waals surface area contributed by atoms with E-state index in [9.17, 15) is 14.4 Å². The van der Waals surface area contributed by atoms with Gasteiger partial charge in [-0.2, -0.15) is 0 Å². The van der Waals surface area contributed by atoms with Gasteiger partial charge in [0.15, 0.2) is 6.10 Å². The van der Waals surface area contributed by atoms with Crippen LogP contribution in [0.1, 0.15) is 336 Å². The highest BCUT2D eigenvalue weighted by Gasteiger charge is 2.19. The molecule has 0 unspecified atom stereocenters. The van der Waals surface area contributed by atoms with Gasteiger partial charge in [-0.1, -0.05) is 297 Å². The third kappa shape index (κ3) is 53.2. The van der Waals surface area contributed by atoms with E-state index in [-0.39, 0.29) is 31.1 Å². The van der Waals surface area contributed by atoms with Crippen molar-refractivity contribution in [1.29, 1.82) is 0 Å². The molecular weight excluding hydrogens is 805 g/mol. The smallest absolute Gasteiger partial charge is 0.306 e. The van der Waals surface area contributed by atoms with Crippen LogP contribution in [0, 0.1) is 5.92 Å². The molecule has 0 N–H and O–H groups in total. The minimum atomic E-state index is -0.761. The molecule has 6 nitrogen and oxygen atoms in total. The minimum Gasteiger partial charge on any atom is -0.462 e. The number of carbonyl (C=O) groups is 3. The average molecular weight is 920 g/mol. The van der Waals surface area contributed by atoms with Gasteiger partial charge in [0.2, 0.25) is 0 Å². The maximum Gasteiger partial charge on any atom is 0.306 e. The molecule has 0 aliphatic heterocycles. The first-order chi connectivity index (χ1) is 31.9. The van der Waals surface area contributed by atoms with Crippen LogP contribution >= 0.6 is 0 Å². The van der Waals surface area contributed by atoms with Gasteiger partial charge in [-0.3, -0.25) is 14.4 Å². The Morgan fingerprint density at radius 3 is 0.754 bits per heavy atom. The molecule has 0 aliphatic carbocycles. The van der Waals surface area contributed by atoms with Crippen molar-refractivity contribution >= 4 is 17.9 Å². The molecule has 65 heavy (non-hydrogen) atoms. The molecule has 0 saturated heterocycles. The van der Waals surface area contributed by atoms with Crippen LogP contribution in [0.3, 0.4) is 0 Å². The van der Waals surface area contributed by atoms with Crippen LogP contribution in [-0.4, -0.2) is 37.2 Å². The van der Waals surface area contributed by atoms with E-state index in [4.69, 9.17) is 14.2 Å². The lowest BCUT2D eigenvalue weighted by Gasteiger charge is -2.18. The highest BCUT2D eigenvalue weighted by molar-refractivity contribution is 5.71. The third-order valence-electron chi connectivity index (χ3n) is 13.5. The van der Waals surface area contributed by atoms with Crippen LogP contribution in [0.15, 0.2) is 0 Å². The number of rotatable bonds is 54. The van der Waals surface area contributed by atoms with Crippen LogP contribution in [-0.2, 0) is 28.6 Å². The molecule has 0 aromatic heterocycles. The van der Waals surface area contributed by atoms with Crippen molar-refractivity contribution in [2.45, 2.75) is 342 Å². The Labute approximate surface area is 406 Å². The summed E-state index contributed by atoms with van der Waals surface area (Å²) in [7, 11) is 0. The summed E-state index contributed by atoms with van der Waals surface area (Å²) in [5.41, 5.74) is 0. The fraction of sp³-hybridized carbons (Fsp3) is 0.949.